The summed E-state index contributed by atoms with van der Waals surface area (Å²) in [6.45, 7) is 3.29. The van der Waals surface area contributed by atoms with Crippen molar-refractivity contribution >= 4 is 23.5 Å². The molecule has 1 aromatic heterocycles. The van der Waals surface area contributed by atoms with Gasteiger partial charge in [-0.25, -0.2) is 8.78 Å². The van der Waals surface area contributed by atoms with E-state index in [-0.39, 0.29) is 10.8 Å². The fraction of sp³-hybridized carbons (Fsp3) is 0.231. The molecule has 20 heavy (non-hydrogen) atoms. The van der Waals surface area contributed by atoms with Crippen molar-refractivity contribution in [3.8, 4) is 0 Å². The number of nitrogens with one attached hydrogen (secondary N) is 1. The van der Waals surface area contributed by atoms with E-state index < -0.39 is 16.9 Å². The number of anilines is 1. The molecule has 0 spiro atoms. The highest BCUT2D eigenvalue weighted by Gasteiger charge is 2.18. The predicted octanol–water partition coefficient (Wildman–Crippen LogP) is 3.38. The van der Waals surface area contributed by atoms with Gasteiger partial charge in [-0.2, -0.15) is 0 Å². The fourth-order valence-electron chi connectivity index (χ4n) is 1.46. The Kier molecular flexibility index (Phi) is 4.39. The van der Waals surface area contributed by atoms with Crippen LogP contribution in [0.3, 0.4) is 0 Å². The summed E-state index contributed by atoms with van der Waals surface area (Å²) in [5.41, 5.74) is 0. The normalized spacial score (nSPS) is 12.2. The Labute approximate surface area is 118 Å². The van der Waals surface area contributed by atoms with E-state index in [2.05, 4.69) is 10.5 Å². The molecule has 0 aliphatic carbocycles. The lowest BCUT2D eigenvalue weighted by Gasteiger charge is -2.10. The average molecular weight is 298 g/mol. The summed E-state index contributed by atoms with van der Waals surface area (Å²) >= 11 is 0.933. The van der Waals surface area contributed by atoms with Gasteiger partial charge >= 0.3 is 0 Å². The van der Waals surface area contributed by atoms with Crippen molar-refractivity contribution in [1.29, 1.82) is 0 Å². The van der Waals surface area contributed by atoms with Crippen LogP contribution >= 0.6 is 11.8 Å². The van der Waals surface area contributed by atoms with Gasteiger partial charge in [0.25, 0.3) is 0 Å². The second kappa shape index (κ2) is 6.04. The molecule has 2 rings (SSSR count). The predicted molar refractivity (Wildman–Crippen MR) is 71.5 cm³/mol. The summed E-state index contributed by atoms with van der Waals surface area (Å²) in [5.74, 6) is -0.620. The maximum atomic E-state index is 13.5. The van der Waals surface area contributed by atoms with Gasteiger partial charge < -0.3 is 9.84 Å². The van der Waals surface area contributed by atoms with Gasteiger partial charge in [-0.1, -0.05) is 5.16 Å². The third-order valence-corrected chi connectivity index (χ3v) is 3.58. The number of halogens is 2. The molecule has 0 saturated carbocycles. The lowest BCUT2D eigenvalue weighted by Crippen LogP contribution is -2.22. The van der Waals surface area contributed by atoms with Crippen molar-refractivity contribution in [2.24, 2.45) is 0 Å². The summed E-state index contributed by atoms with van der Waals surface area (Å²) in [5, 5.41) is 5.55. The van der Waals surface area contributed by atoms with E-state index in [9.17, 15) is 13.6 Å². The molecule has 0 unspecified atom stereocenters. The number of carbonyl (C=O) groups excluding carboxylic acids is 1. The number of aromatic nitrogens is 1. The first-order valence-electron chi connectivity index (χ1n) is 5.81. The van der Waals surface area contributed by atoms with E-state index in [0.29, 0.717) is 11.6 Å². The van der Waals surface area contributed by atoms with Crippen LogP contribution in [-0.4, -0.2) is 16.3 Å². The number of benzene rings is 1. The number of hydrogen-bond donors (Lipinski definition) is 1. The van der Waals surface area contributed by atoms with Crippen LogP contribution in [0, 0.1) is 18.6 Å². The first-order valence-corrected chi connectivity index (χ1v) is 6.69. The van der Waals surface area contributed by atoms with Crippen LogP contribution in [-0.2, 0) is 4.79 Å². The molecule has 1 heterocycles. The molecular weight excluding hydrogens is 286 g/mol. The number of nitrogens with zero attached hydrogens (tertiary/aromatic N) is 1. The van der Waals surface area contributed by atoms with Gasteiger partial charge in [-0.3, -0.25) is 4.79 Å². The van der Waals surface area contributed by atoms with Crippen molar-refractivity contribution in [1.82, 2.24) is 5.16 Å². The average Bonchev–Trinajstić information content (AvgIpc) is 2.79. The molecule has 0 bridgehead atoms. The lowest BCUT2D eigenvalue weighted by atomic mass is 10.3. The number of rotatable bonds is 4. The second-order valence-electron chi connectivity index (χ2n) is 4.15. The van der Waals surface area contributed by atoms with Crippen LogP contribution < -0.4 is 5.32 Å². The Hall–Kier alpha value is -1.89. The molecule has 2 aromatic rings. The van der Waals surface area contributed by atoms with Crippen LogP contribution in [0.1, 0.15) is 12.7 Å². The molecule has 1 amide bonds. The summed E-state index contributed by atoms with van der Waals surface area (Å²) in [6, 6.07) is 4.69. The van der Waals surface area contributed by atoms with Crippen molar-refractivity contribution in [2.45, 2.75) is 24.0 Å². The van der Waals surface area contributed by atoms with Gasteiger partial charge in [-0.05, 0) is 32.0 Å². The number of carbonyl (C=O) groups is 1. The Morgan fingerprint density at radius 3 is 2.80 bits per heavy atom. The summed E-state index contributed by atoms with van der Waals surface area (Å²) < 4.78 is 31.3. The topological polar surface area (TPSA) is 55.1 Å². The monoisotopic (exact) mass is 298 g/mol. The first kappa shape index (κ1) is 14.5. The van der Waals surface area contributed by atoms with Gasteiger partial charge in [0, 0.05) is 11.0 Å². The minimum absolute atomic E-state index is 0.0870. The number of aryl methyl sites for hydroxylation is 1. The number of thioether (sulfide) groups is 1. The molecule has 7 heteroatoms. The SMILES string of the molecule is Cc1cc(NC(=O)[C@H](C)Sc2cc(F)ccc2F)no1. The van der Waals surface area contributed by atoms with Crippen molar-refractivity contribution in [3.63, 3.8) is 0 Å². The molecule has 1 N–H and O–H groups in total. The molecule has 0 aliphatic heterocycles. The minimum atomic E-state index is -0.608. The largest absolute Gasteiger partial charge is 0.360 e. The first-order chi connectivity index (χ1) is 9.45. The Bertz CT molecular complexity index is 631. The smallest absolute Gasteiger partial charge is 0.238 e. The van der Waals surface area contributed by atoms with E-state index in [1.807, 2.05) is 0 Å². The molecule has 0 radical (unpaired) electrons. The maximum absolute atomic E-state index is 13.5. The highest BCUT2D eigenvalue weighted by Crippen LogP contribution is 2.27. The van der Waals surface area contributed by atoms with Crippen LogP contribution in [0.15, 0.2) is 33.7 Å². The second-order valence-corrected chi connectivity index (χ2v) is 5.53. The van der Waals surface area contributed by atoms with Gasteiger partial charge in [0.15, 0.2) is 5.82 Å². The zero-order valence-electron chi connectivity index (χ0n) is 10.8. The fourth-order valence-corrected chi connectivity index (χ4v) is 2.37. The van der Waals surface area contributed by atoms with E-state index >= 15 is 0 Å². The van der Waals surface area contributed by atoms with Gasteiger partial charge in [0.1, 0.15) is 17.4 Å². The standard InChI is InChI=1S/C13H12F2N2O2S/c1-7-5-12(17-19-7)16-13(18)8(2)20-11-6-9(14)3-4-10(11)15/h3-6,8H,1-2H3,(H,16,17,18)/t8-/m0/s1. The molecular formula is C13H12F2N2O2S. The Balaban J connectivity index is 2.02. The van der Waals surface area contributed by atoms with Crippen LogP contribution in [0.4, 0.5) is 14.6 Å². The Morgan fingerprint density at radius 1 is 1.40 bits per heavy atom. The van der Waals surface area contributed by atoms with Crippen LogP contribution in [0.25, 0.3) is 0 Å². The quantitative estimate of drug-likeness (QED) is 0.879. The Morgan fingerprint density at radius 2 is 2.15 bits per heavy atom. The maximum Gasteiger partial charge on any atom is 0.238 e. The number of hydrogen-bond acceptors (Lipinski definition) is 4. The summed E-state index contributed by atoms with van der Waals surface area (Å²) in [7, 11) is 0. The van der Waals surface area contributed by atoms with E-state index in [0.717, 1.165) is 30.0 Å². The van der Waals surface area contributed by atoms with E-state index in [4.69, 9.17) is 4.52 Å². The third-order valence-electron chi connectivity index (χ3n) is 2.45. The molecule has 0 saturated heterocycles. The minimum Gasteiger partial charge on any atom is -0.360 e. The van der Waals surface area contributed by atoms with Crippen molar-refractivity contribution in [2.75, 3.05) is 5.32 Å². The zero-order chi connectivity index (χ0) is 14.7. The van der Waals surface area contributed by atoms with Gasteiger partial charge in [0.05, 0.1) is 5.25 Å². The number of amides is 1. The lowest BCUT2D eigenvalue weighted by molar-refractivity contribution is -0.115. The molecule has 0 fully saturated rings. The van der Waals surface area contributed by atoms with Crippen LogP contribution in [0.2, 0.25) is 0 Å². The molecule has 4 nitrogen and oxygen atoms in total. The van der Waals surface area contributed by atoms with Gasteiger partial charge in [0.2, 0.25) is 5.91 Å². The highest BCUT2D eigenvalue weighted by atomic mass is 32.2. The highest BCUT2D eigenvalue weighted by molar-refractivity contribution is 8.00. The summed E-state index contributed by atoms with van der Waals surface area (Å²) in [4.78, 5) is 12.0. The van der Waals surface area contributed by atoms with Crippen molar-refractivity contribution < 1.29 is 18.1 Å². The summed E-state index contributed by atoms with van der Waals surface area (Å²) in [6.07, 6.45) is 0. The third kappa shape index (κ3) is 3.57. The van der Waals surface area contributed by atoms with Gasteiger partial charge in [-0.15, -0.1) is 11.8 Å². The van der Waals surface area contributed by atoms with E-state index in [1.54, 1.807) is 19.9 Å². The zero-order valence-corrected chi connectivity index (χ0v) is 11.6. The molecule has 1 aromatic carbocycles. The molecule has 1 atom stereocenters. The molecule has 106 valence electrons. The molecule has 0 aliphatic rings. The van der Waals surface area contributed by atoms with Crippen LogP contribution in [0.5, 0.6) is 0 Å². The van der Waals surface area contributed by atoms with Crippen molar-refractivity contribution in [3.05, 3.63) is 41.7 Å². The van der Waals surface area contributed by atoms with E-state index in [1.165, 1.54) is 0 Å².